The van der Waals surface area contributed by atoms with Gasteiger partial charge in [-0.1, -0.05) is 24.3 Å². The molecule has 0 aliphatic heterocycles. The Morgan fingerprint density at radius 2 is 1.89 bits per heavy atom. The van der Waals surface area contributed by atoms with Crippen molar-refractivity contribution in [2.24, 2.45) is 0 Å². The summed E-state index contributed by atoms with van der Waals surface area (Å²) in [5.74, 6) is 0.0204. The quantitative estimate of drug-likeness (QED) is 0.918. The molecule has 1 N–H and O–H groups in total. The van der Waals surface area contributed by atoms with Crippen LogP contribution in [0.2, 0.25) is 0 Å². The fraction of sp³-hybridized carbons (Fsp3) is 0.200. The minimum absolute atomic E-state index is 0.170. The number of benzene rings is 1. The number of carbonyl (C=O) groups is 1. The standard InChI is InChI=1S/C15H16N2O2/c1-11(12-7-3-4-9-14(12)18)17(2)15(19)13-8-5-6-10-16-13/h3-11,18H,1-2H3. The fourth-order valence-corrected chi connectivity index (χ4v) is 1.90. The summed E-state index contributed by atoms with van der Waals surface area (Å²) in [5, 5.41) is 9.83. The molecule has 2 rings (SSSR count). The maximum absolute atomic E-state index is 12.3. The number of aromatic nitrogens is 1. The molecular weight excluding hydrogens is 240 g/mol. The molecule has 1 atom stereocenters. The van der Waals surface area contributed by atoms with Crippen LogP contribution in [-0.2, 0) is 0 Å². The van der Waals surface area contributed by atoms with Gasteiger partial charge in [-0.25, -0.2) is 0 Å². The van der Waals surface area contributed by atoms with Gasteiger partial charge >= 0.3 is 0 Å². The van der Waals surface area contributed by atoms with Gasteiger partial charge in [-0.05, 0) is 25.1 Å². The summed E-state index contributed by atoms with van der Waals surface area (Å²) in [5.41, 5.74) is 1.11. The van der Waals surface area contributed by atoms with Gasteiger partial charge in [0.05, 0.1) is 6.04 Å². The van der Waals surface area contributed by atoms with Crippen molar-refractivity contribution < 1.29 is 9.90 Å². The Balaban J connectivity index is 2.23. The van der Waals surface area contributed by atoms with Crippen molar-refractivity contribution in [1.82, 2.24) is 9.88 Å². The van der Waals surface area contributed by atoms with Gasteiger partial charge in [0.1, 0.15) is 11.4 Å². The fourth-order valence-electron chi connectivity index (χ4n) is 1.90. The zero-order chi connectivity index (χ0) is 13.8. The number of hydrogen-bond acceptors (Lipinski definition) is 3. The van der Waals surface area contributed by atoms with E-state index in [1.54, 1.807) is 48.5 Å². The summed E-state index contributed by atoms with van der Waals surface area (Å²) in [6.45, 7) is 1.87. The van der Waals surface area contributed by atoms with E-state index in [-0.39, 0.29) is 17.7 Å². The Hall–Kier alpha value is -2.36. The van der Waals surface area contributed by atoms with E-state index in [0.717, 1.165) is 0 Å². The van der Waals surface area contributed by atoms with Gasteiger partial charge in [-0.2, -0.15) is 0 Å². The molecule has 0 saturated heterocycles. The molecular formula is C15H16N2O2. The molecule has 98 valence electrons. The lowest BCUT2D eigenvalue weighted by atomic mass is 10.1. The molecule has 1 unspecified atom stereocenters. The number of rotatable bonds is 3. The highest BCUT2D eigenvalue weighted by Crippen LogP contribution is 2.27. The molecule has 4 nitrogen and oxygen atoms in total. The molecule has 1 aromatic heterocycles. The van der Waals surface area contributed by atoms with Crippen LogP contribution in [0.4, 0.5) is 0 Å². The second-order valence-corrected chi connectivity index (χ2v) is 4.37. The first kappa shape index (κ1) is 13.1. The molecule has 4 heteroatoms. The SMILES string of the molecule is CC(c1ccccc1O)N(C)C(=O)c1ccccn1. The largest absolute Gasteiger partial charge is 0.508 e. The smallest absolute Gasteiger partial charge is 0.272 e. The third-order valence-corrected chi connectivity index (χ3v) is 3.17. The van der Waals surface area contributed by atoms with E-state index in [9.17, 15) is 9.90 Å². The molecule has 1 heterocycles. The van der Waals surface area contributed by atoms with Gasteiger partial charge in [0.2, 0.25) is 0 Å². The van der Waals surface area contributed by atoms with Crippen molar-refractivity contribution in [1.29, 1.82) is 0 Å². The van der Waals surface area contributed by atoms with E-state index in [2.05, 4.69) is 4.98 Å². The van der Waals surface area contributed by atoms with E-state index in [0.29, 0.717) is 11.3 Å². The Bertz CT molecular complexity index is 569. The maximum Gasteiger partial charge on any atom is 0.272 e. The zero-order valence-electron chi connectivity index (χ0n) is 10.9. The van der Waals surface area contributed by atoms with Gasteiger partial charge in [0.25, 0.3) is 5.91 Å². The summed E-state index contributed by atoms with van der Waals surface area (Å²) in [7, 11) is 1.70. The summed E-state index contributed by atoms with van der Waals surface area (Å²) >= 11 is 0. The number of pyridine rings is 1. The third-order valence-electron chi connectivity index (χ3n) is 3.17. The molecule has 0 spiro atoms. The van der Waals surface area contributed by atoms with Crippen molar-refractivity contribution in [3.05, 3.63) is 59.9 Å². The highest BCUT2D eigenvalue weighted by molar-refractivity contribution is 5.92. The molecule has 1 amide bonds. The zero-order valence-corrected chi connectivity index (χ0v) is 10.9. The molecule has 1 aromatic carbocycles. The third kappa shape index (κ3) is 2.73. The lowest BCUT2D eigenvalue weighted by Gasteiger charge is -2.25. The minimum atomic E-state index is -0.226. The van der Waals surface area contributed by atoms with Crippen LogP contribution >= 0.6 is 0 Å². The number of carbonyl (C=O) groups excluding carboxylic acids is 1. The summed E-state index contributed by atoms with van der Waals surface area (Å²) in [4.78, 5) is 17.9. The van der Waals surface area contributed by atoms with Crippen LogP contribution in [0.1, 0.15) is 29.0 Å². The second-order valence-electron chi connectivity index (χ2n) is 4.37. The van der Waals surface area contributed by atoms with Crippen LogP contribution in [0.3, 0.4) is 0 Å². The molecule has 2 aromatic rings. The Kier molecular flexibility index (Phi) is 3.80. The van der Waals surface area contributed by atoms with E-state index < -0.39 is 0 Å². The summed E-state index contributed by atoms with van der Waals surface area (Å²) < 4.78 is 0. The Morgan fingerprint density at radius 1 is 1.21 bits per heavy atom. The van der Waals surface area contributed by atoms with Gasteiger partial charge in [-0.15, -0.1) is 0 Å². The molecule has 0 radical (unpaired) electrons. The van der Waals surface area contributed by atoms with Crippen LogP contribution in [-0.4, -0.2) is 27.9 Å². The number of phenols is 1. The monoisotopic (exact) mass is 256 g/mol. The van der Waals surface area contributed by atoms with Crippen molar-refractivity contribution >= 4 is 5.91 Å². The van der Waals surface area contributed by atoms with Gasteiger partial charge in [-0.3, -0.25) is 9.78 Å². The summed E-state index contributed by atoms with van der Waals surface area (Å²) in [6, 6.07) is 12.0. The first-order valence-electron chi connectivity index (χ1n) is 6.07. The topological polar surface area (TPSA) is 53.4 Å². The normalized spacial score (nSPS) is 11.9. The predicted molar refractivity (Wildman–Crippen MR) is 72.9 cm³/mol. The lowest BCUT2D eigenvalue weighted by molar-refractivity contribution is 0.0735. The van der Waals surface area contributed by atoms with E-state index in [1.807, 2.05) is 19.1 Å². The van der Waals surface area contributed by atoms with E-state index >= 15 is 0 Å². The molecule has 0 aliphatic rings. The molecule has 0 aliphatic carbocycles. The number of hydrogen-bond donors (Lipinski definition) is 1. The van der Waals surface area contributed by atoms with Crippen LogP contribution in [0.25, 0.3) is 0 Å². The average Bonchev–Trinajstić information content (AvgIpc) is 2.46. The first-order valence-corrected chi connectivity index (χ1v) is 6.07. The van der Waals surface area contributed by atoms with E-state index in [1.165, 1.54) is 0 Å². The van der Waals surface area contributed by atoms with Crippen molar-refractivity contribution in [2.45, 2.75) is 13.0 Å². The van der Waals surface area contributed by atoms with Crippen LogP contribution in [0.5, 0.6) is 5.75 Å². The summed E-state index contributed by atoms with van der Waals surface area (Å²) in [6.07, 6.45) is 1.59. The lowest BCUT2D eigenvalue weighted by Crippen LogP contribution is -2.30. The van der Waals surface area contributed by atoms with Crippen LogP contribution in [0.15, 0.2) is 48.7 Å². The average molecular weight is 256 g/mol. The number of para-hydroxylation sites is 1. The number of phenolic OH excluding ortho intramolecular Hbond substituents is 1. The van der Waals surface area contributed by atoms with Gasteiger partial charge < -0.3 is 10.0 Å². The van der Waals surface area contributed by atoms with Crippen molar-refractivity contribution in [3.8, 4) is 5.75 Å². The van der Waals surface area contributed by atoms with Crippen LogP contribution in [0, 0.1) is 0 Å². The van der Waals surface area contributed by atoms with Crippen molar-refractivity contribution in [2.75, 3.05) is 7.05 Å². The predicted octanol–water partition coefficient (Wildman–Crippen LogP) is 2.62. The number of nitrogens with zero attached hydrogens (tertiary/aromatic N) is 2. The highest BCUT2D eigenvalue weighted by Gasteiger charge is 2.21. The first-order chi connectivity index (χ1) is 9.11. The van der Waals surface area contributed by atoms with Gasteiger partial charge in [0.15, 0.2) is 0 Å². The maximum atomic E-state index is 12.3. The number of amides is 1. The Morgan fingerprint density at radius 3 is 2.53 bits per heavy atom. The molecule has 0 fully saturated rings. The van der Waals surface area contributed by atoms with Crippen molar-refractivity contribution in [3.63, 3.8) is 0 Å². The second kappa shape index (κ2) is 5.52. The van der Waals surface area contributed by atoms with Gasteiger partial charge in [0, 0.05) is 18.8 Å². The van der Waals surface area contributed by atoms with E-state index in [4.69, 9.17) is 0 Å². The molecule has 0 saturated carbocycles. The highest BCUT2D eigenvalue weighted by atomic mass is 16.3. The van der Waals surface area contributed by atoms with Crippen LogP contribution < -0.4 is 0 Å². The Labute approximate surface area is 112 Å². The molecule has 19 heavy (non-hydrogen) atoms. The molecule has 0 bridgehead atoms. The number of aromatic hydroxyl groups is 1. The minimum Gasteiger partial charge on any atom is -0.508 e.